The lowest BCUT2D eigenvalue weighted by atomic mass is 9.85. The lowest BCUT2D eigenvalue weighted by molar-refractivity contribution is -0.127. The Hall–Kier alpha value is -1.31. The molecule has 0 aliphatic heterocycles. The highest BCUT2D eigenvalue weighted by molar-refractivity contribution is 5.79. The van der Waals surface area contributed by atoms with Gasteiger partial charge in [0.15, 0.2) is 0 Å². The van der Waals surface area contributed by atoms with Gasteiger partial charge in [-0.1, -0.05) is 24.1 Å². The van der Waals surface area contributed by atoms with E-state index in [9.17, 15) is 4.79 Å². The monoisotopic (exact) mass is 231 g/mol. The van der Waals surface area contributed by atoms with Crippen LogP contribution in [0.5, 0.6) is 0 Å². The first-order valence-electron chi connectivity index (χ1n) is 6.42. The number of amides is 1. The zero-order valence-electron chi connectivity index (χ0n) is 11.0. The SMILES string of the molecule is Cc1cc(C)c(CNC(=O)C2CCC2)c(C)c1. The highest BCUT2D eigenvalue weighted by Gasteiger charge is 2.24. The number of nitrogens with one attached hydrogen (secondary N) is 1. The molecule has 1 amide bonds. The summed E-state index contributed by atoms with van der Waals surface area (Å²) in [5, 5.41) is 3.06. The van der Waals surface area contributed by atoms with Gasteiger partial charge in [-0.05, 0) is 50.3 Å². The largest absolute Gasteiger partial charge is 0.352 e. The van der Waals surface area contributed by atoms with Gasteiger partial charge in [-0.2, -0.15) is 0 Å². The molecule has 0 unspecified atom stereocenters. The van der Waals surface area contributed by atoms with Gasteiger partial charge in [-0.15, -0.1) is 0 Å². The van der Waals surface area contributed by atoms with E-state index in [0.717, 1.165) is 12.8 Å². The predicted octanol–water partition coefficient (Wildman–Crippen LogP) is 3.03. The maximum Gasteiger partial charge on any atom is 0.223 e. The van der Waals surface area contributed by atoms with Gasteiger partial charge in [0.05, 0.1) is 0 Å². The first kappa shape index (κ1) is 12.2. The molecule has 0 radical (unpaired) electrons. The minimum absolute atomic E-state index is 0.232. The molecule has 0 saturated heterocycles. The van der Waals surface area contributed by atoms with Gasteiger partial charge < -0.3 is 5.32 Å². The number of carbonyl (C=O) groups is 1. The Morgan fingerprint density at radius 3 is 2.29 bits per heavy atom. The second kappa shape index (κ2) is 4.91. The summed E-state index contributed by atoms with van der Waals surface area (Å²) < 4.78 is 0. The van der Waals surface area contributed by atoms with Crippen molar-refractivity contribution in [1.82, 2.24) is 5.32 Å². The topological polar surface area (TPSA) is 29.1 Å². The molecule has 1 aliphatic rings. The molecule has 0 bridgehead atoms. The summed E-state index contributed by atoms with van der Waals surface area (Å²) in [5.41, 5.74) is 5.10. The fourth-order valence-electron chi connectivity index (χ4n) is 2.48. The number of benzene rings is 1. The number of aryl methyl sites for hydroxylation is 3. The zero-order chi connectivity index (χ0) is 12.4. The lowest BCUT2D eigenvalue weighted by Gasteiger charge is -2.24. The second-order valence-electron chi connectivity index (χ2n) is 5.22. The van der Waals surface area contributed by atoms with Gasteiger partial charge in [0, 0.05) is 12.5 Å². The zero-order valence-corrected chi connectivity index (χ0v) is 11.0. The summed E-state index contributed by atoms with van der Waals surface area (Å²) in [6, 6.07) is 4.36. The Labute approximate surface area is 103 Å². The van der Waals surface area contributed by atoms with Crippen LogP contribution in [0.4, 0.5) is 0 Å². The maximum atomic E-state index is 11.8. The van der Waals surface area contributed by atoms with Crippen LogP contribution in [0.1, 0.15) is 41.5 Å². The molecule has 0 aromatic heterocycles. The van der Waals surface area contributed by atoms with Crippen molar-refractivity contribution >= 4 is 5.91 Å². The minimum Gasteiger partial charge on any atom is -0.352 e. The number of hydrogen-bond acceptors (Lipinski definition) is 1. The molecular weight excluding hydrogens is 210 g/mol. The maximum absolute atomic E-state index is 11.8. The molecule has 1 fully saturated rings. The van der Waals surface area contributed by atoms with Crippen molar-refractivity contribution in [1.29, 1.82) is 0 Å². The standard InChI is InChI=1S/C15H21NO/c1-10-7-11(2)14(12(3)8-10)9-16-15(17)13-5-4-6-13/h7-8,13H,4-6,9H2,1-3H3,(H,16,17). The van der Waals surface area contributed by atoms with Gasteiger partial charge in [-0.3, -0.25) is 4.79 Å². The molecule has 1 N–H and O–H groups in total. The first-order valence-corrected chi connectivity index (χ1v) is 6.42. The van der Waals surface area contributed by atoms with Crippen LogP contribution >= 0.6 is 0 Å². The Bertz CT molecular complexity index is 410. The van der Waals surface area contributed by atoms with Crippen molar-refractivity contribution in [2.45, 2.75) is 46.6 Å². The Kier molecular flexibility index (Phi) is 3.51. The van der Waals surface area contributed by atoms with Gasteiger partial charge in [0.1, 0.15) is 0 Å². The number of carbonyl (C=O) groups excluding carboxylic acids is 1. The van der Waals surface area contributed by atoms with Crippen LogP contribution in [0.15, 0.2) is 12.1 Å². The minimum atomic E-state index is 0.232. The lowest BCUT2D eigenvalue weighted by Crippen LogP contribution is -2.34. The summed E-state index contributed by atoms with van der Waals surface area (Å²) in [5.74, 6) is 0.511. The normalized spacial score (nSPS) is 15.5. The smallest absolute Gasteiger partial charge is 0.223 e. The van der Waals surface area contributed by atoms with Gasteiger partial charge >= 0.3 is 0 Å². The molecule has 1 aromatic rings. The molecule has 92 valence electrons. The number of rotatable bonds is 3. The highest BCUT2D eigenvalue weighted by Crippen LogP contribution is 2.26. The summed E-state index contributed by atoms with van der Waals surface area (Å²) >= 11 is 0. The van der Waals surface area contributed by atoms with E-state index in [1.807, 2.05) is 0 Å². The molecule has 0 heterocycles. The molecule has 1 aliphatic carbocycles. The van der Waals surface area contributed by atoms with Crippen LogP contribution in [0.3, 0.4) is 0 Å². The van der Waals surface area contributed by atoms with Crippen LogP contribution in [0.25, 0.3) is 0 Å². The highest BCUT2D eigenvalue weighted by atomic mass is 16.1. The Morgan fingerprint density at radius 1 is 1.24 bits per heavy atom. The van der Waals surface area contributed by atoms with Gasteiger partial charge in [0.2, 0.25) is 5.91 Å². The molecule has 17 heavy (non-hydrogen) atoms. The van der Waals surface area contributed by atoms with Crippen LogP contribution in [0, 0.1) is 26.7 Å². The summed E-state index contributed by atoms with van der Waals surface area (Å²) in [7, 11) is 0. The van der Waals surface area contributed by atoms with Crippen molar-refractivity contribution in [3.63, 3.8) is 0 Å². The first-order chi connectivity index (χ1) is 8.08. The van der Waals surface area contributed by atoms with Crippen LogP contribution < -0.4 is 5.32 Å². The fourth-order valence-corrected chi connectivity index (χ4v) is 2.48. The van der Waals surface area contributed by atoms with Crippen molar-refractivity contribution in [3.05, 3.63) is 34.4 Å². The van der Waals surface area contributed by atoms with Crippen molar-refractivity contribution in [2.75, 3.05) is 0 Å². The molecule has 2 rings (SSSR count). The van der Waals surface area contributed by atoms with Crippen molar-refractivity contribution in [2.24, 2.45) is 5.92 Å². The predicted molar refractivity (Wildman–Crippen MR) is 69.8 cm³/mol. The number of hydrogen-bond donors (Lipinski definition) is 1. The summed E-state index contributed by atoms with van der Waals surface area (Å²) in [6.07, 6.45) is 3.34. The van der Waals surface area contributed by atoms with E-state index >= 15 is 0 Å². The third kappa shape index (κ3) is 2.68. The average Bonchev–Trinajstić information content (AvgIpc) is 2.12. The molecule has 2 heteroatoms. The Balaban J connectivity index is 2.01. The average molecular weight is 231 g/mol. The van der Waals surface area contributed by atoms with E-state index in [4.69, 9.17) is 0 Å². The quantitative estimate of drug-likeness (QED) is 0.851. The van der Waals surface area contributed by atoms with Crippen LogP contribution in [-0.4, -0.2) is 5.91 Å². The molecular formula is C15H21NO. The summed E-state index contributed by atoms with van der Waals surface area (Å²) in [6.45, 7) is 7.01. The van der Waals surface area contributed by atoms with E-state index < -0.39 is 0 Å². The van der Waals surface area contributed by atoms with E-state index in [1.54, 1.807) is 0 Å². The van der Waals surface area contributed by atoms with Crippen molar-refractivity contribution in [3.8, 4) is 0 Å². The van der Waals surface area contributed by atoms with E-state index in [2.05, 4.69) is 38.2 Å². The van der Waals surface area contributed by atoms with Crippen LogP contribution in [-0.2, 0) is 11.3 Å². The van der Waals surface area contributed by atoms with E-state index in [0.29, 0.717) is 6.54 Å². The second-order valence-corrected chi connectivity index (χ2v) is 5.22. The van der Waals surface area contributed by atoms with Crippen molar-refractivity contribution < 1.29 is 4.79 Å². The molecule has 0 atom stereocenters. The van der Waals surface area contributed by atoms with Gasteiger partial charge in [-0.25, -0.2) is 0 Å². The Morgan fingerprint density at radius 2 is 1.82 bits per heavy atom. The van der Waals surface area contributed by atoms with E-state index in [1.165, 1.54) is 28.7 Å². The molecule has 1 aromatic carbocycles. The summed E-state index contributed by atoms with van der Waals surface area (Å²) in [4.78, 5) is 11.8. The molecule has 1 saturated carbocycles. The molecule has 0 spiro atoms. The molecule has 2 nitrogen and oxygen atoms in total. The fraction of sp³-hybridized carbons (Fsp3) is 0.533. The van der Waals surface area contributed by atoms with Crippen LogP contribution in [0.2, 0.25) is 0 Å². The third-order valence-electron chi connectivity index (χ3n) is 3.76. The van der Waals surface area contributed by atoms with Gasteiger partial charge in [0.25, 0.3) is 0 Å². The third-order valence-corrected chi connectivity index (χ3v) is 3.76. The van der Waals surface area contributed by atoms with E-state index in [-0.39, 0.29) is 11.8 Å².